The molecule has 0 radical (unpaired) electrons. The molecule has 0 bridgehead atoms. The summed E-state index contributed by atoms with van der Waals surface area (Å²) in [6.45, 7) is 3.65. The predicted octanol–water partition coefficient (Wildman–Crippen LogP) is 3.43. The Morgan fingerprint density at radius 3 is 2.23 bits per heavy atom. The number of hydrogen-bond acceptors (Lipinski definition) is 1. The lowest BCUT2D eigenvalue weighted by Gasteiger charge is -2.13. The van der Waals surface area contributed by atoms with Gasteiger partial charge in [0.25, 0.3) is 0 Å². The molecule has 0 rings (SSSR count). The third-order valence-corrected chi connectivity index (χ3v) is 2.18. The highest BCUT2D eigenvalue weighted by Crippen LogP contribution is 2.20. The maximum atomic E-state index is 12.3. The molecule has 0 aromatic rings. The second-order valence-corrected chi connectivity index (χ2v) is 3.26. The lowest BCUT2D eigenvalue weighted by atomic mass is 9.96. The van der Waals surface area contributed by atoms with Gasteiger partial charge in [0.05, 0.1) is 5.92 Å². The molecule has 1 atom stereocenters. The number of alkyl halides is 2. The molecule has 1 nitrogen and oxygen atoms in total. The lowest BCUT2D eigenvalue weighted by molar-refractivity contribution is -0.127. The molecular formula is C10H18F2O. The van der Waals surface area contributed by atoms with E-state index in [-0.39, 0.29) is 12.2 Å². The molecule has 0 aromatic carbocycles. The molecule has 13 heavy (non-hydrogen) atoms. The molecule has 0 saturated heterocycles. The number of carbonyl (C=O) groups excluding carboxylic acids is 1. The van der Waals surface area contributed by atoms with Crippen molar-refractivity contribution in [2.45, 2.75) is 52.4 Å². The van der Waals surface area contributed by atoms with Crippen molar-refractivity contribution in [3.8, 4) is 0 Å². The summed E-state index contributed by atoms with van der Waals surface area (Å²) in [5.74, 6) is -1.32. The third kappa shape index (κ3) is 4.96. The van der Waals surface area contributed by atoms with Crippen LogP contribution in [0.2, 0.25) is 0 Å². The predicted molar refractivity (Wildman–Crippen MR) is 48.9 cm³/mol. The van der Waals surface area contributed by atoms with Crippen molar-refractivity contribution < 1.29 is 13.6 Å². The second kappa shape index (κ2) is 6.98. The number of Topliss-reactive ketones (excluding diaryl/α,β-unsaturated/α-hetero) is 1. The van der Waals surface area contributed by atoms with Gasteiger partial charge in [-0.3, -0.25) is 4.79 Å². The molecule has 3 heteroatoms. The average Bonchev–Trinajstić information content (AvgIpc) is 2.11. The summed E-state index contributed by atoms with van der Waals surface area (Å²) in [6.07, 6.45) is 0.747. The van der Waals surface area contributed by atoms with Crippen LogP contribution in [-0.2, 0) is 4.79 Å². The van der Waals surface area contributed by atoms with E-state index in [2.05, 4.69) is 0 Å². The van der Waals surface area contributed by atoms with Gasteiger partial charge in [-0.05, 0) is 6.42 Å². The molecule has 0 fully saturated rings. The van der Waals surface area contributed by atoms with Crippen LogP contribution in [0.1, 0.15) is 46.0 Å². The van der Waals surface area contributed by atoms with E-state index in [1.165, 1.54) is 0 Å². The summed E-state index contributed by atoms with van der Waals surface area (Å²) in [6, 6.07) is 0. The molecule has 0 N–H and O–H groups in total. The highest BCUT2D eigenvalue weighted by molar-refractivity contribution is 5.81. The van der Waals surface area contributed by atoms with Crippen LogP contribution in [0.15, 0.2) is 0 Å². The van der Waals surface area contributed by atoms with Crippen LogP contribution < -0.4 is 0 Å². The van der Waals surface area contributed by atoms with E-state index in [4.69, 9.17) is 0 Å². The first kappa shape index (κ1) is 12.5. The number of ketones is 1. The molecule has 0 aliphatic heterocycles. The van der Waals surface area contributed by atoms with Gasteiger partial charge >= 0.3 is 0 Å². The van der Waals surface area contributed by atoms with Crippen LogP contribution in [0.3, 0.4) is 0 Å². The quantitative estimate of drug-likeness (QED) is 0.565. The van der Waals surface area contributed by atoms with Crippen molar-refractivity contribution in [2.75, 3.05) is 0 Å². The summed E-state index contributed by atoms with van der Waals surface area (Å²) in [5, 5.41) is 0. The normalized spacial score (nSPS) is 13.3. The minimum Gasteiger partial charge on any atom is -0.299 e. The Morgan fingerprint density at radius 1 is 1.23 bits per heavy atom. The van der Waals surface area contributed by atoms with Crippen LogP contribution in [0.25, 0.3) is 0 Å². The van der Waals surface area contributed by atoms with Crippen molar-refractivity contribution in [1.29, 1.82) is 0 Å². The van der Waals surface area contributed by atoms with E-state index in [9.17, 15) is 13.6 Å². The van der Waals surface area contributed by atoms with Gasteiger partial charge in [0, 0.05) is 6.42 Å². The van der Waals surface area contributed by atoms with Crippen LogP contribution in [0.4, 0.5) is 8.78 Å². The van der Waals surface area contributed by atoms with Crippen LogP contribution in [-0.4, -0.2) is 12.2 Å². The Kier molecular flexibility index (Phi) is 6.73. The van der Waals surface area contributed by atoms with Gasteiger partial charge in [0.2, 0.25) is 6.43 Å². The third-order valence-electron chi connectivity index (χ3n) is 2.18. The van der Waals surface area contributed by atoms with Gasteiger partial charge in [0.1, 0.15) is 5.78 Å². The van der Waals surface area contributed by atoms with Gasteiger partial charge in [-0.1, -0.05) is 33.1 Å². The Hall–Kier alpha value is -0.470. The zero-order chi connectivity index (χ0) is 10.3. The minimum absolute atomic E-state index is 0.223. The zero-order valence-corrected chi connectivity index (χ0v) is 8.35. The molecular weight excluding hydrogens is 174 g/mol. The van der Waals surface area contributed by atoms with Crippen molar-refractivity contribution >= 4 is 5.78 Å². The molecule has 0 saturated carbocycles. The molecule has 0 aliphatic rings. The van der Waals surface area contributed by atoms with Gasteiger partial charge in [-0.15, -0.1) is 0 Å². The van der Waals surface area contributed by atoms with E-state index < -0.39 is 12.3 Å². The van der Waals surface area contributed by atoms with Crippen molar-refractivity contribution in [3.05, 3.63) is 0 Å². The van der Waals surface area contributed by atoms with Crippen LogP contribution >= 0.6 is 0 Å². The van der Waals surface area contributed by atoms with Crippen LogP contribution in [0.5, 0.6) is 0 Å². The SMILES string of the molecule is CCCCCC(C(=O)CC)C(F)F. The van der Waals surface area contributed by atoms with E-state index in [0.717, 1.165) is 19.3 Å². The first-order chi connectivity index (χ1) is 6.13. The first-order valence-corrected chi connectivity index (χ1v) is 4.94. The molecule has 78 valence electrons. The fourth-order valence-electron chi connectivity index (χ4n) is 1.30. The summed E-state index contributed by atoms with van der Waals surface area (Å²) < 4.78 is 24.7. The Labute approximate surface area is 78.5 Å². The van der Waals surface area contributed by atoms with Gasteiger partial charge in [0.15, 0.2) is 0 Å². The highest BCUT2D eigenvalue weighted by Gasteiger charge is 2.25. The van der Waals surface area contributed by atoms with Crippen molar-refractivity contribution in [2.24, 2.45) is 5.92 Å². The Bertz CT molecular complexity index is 146. The average molecular weight is 192 g/mol. The van der Waals surface area contributed by atoms with E-state index in [1.54, 1.807) is 6.92 Å². The number of rotatable bonds is 7. The van der Waals surface area contributed by atoms with E-state index in [0.29, 0.717) is 6.42 Å². The highest BCUT2D eigenvalue weighted by atomic mass is 19.3. The molecule has 0 aromatic heterocycles. The van der Waals surface area contributed by atoms with E-state index >= 15 is 0 Å². The first-order valence-electron chi connectivity index (χ1n) is 4.94. The van der Waals surface area contributed by atoms with Gasteiger partial charge in [-0.25, -0.2) is 8.78 Å². The van der Waals surface area contributed by atoms with Crippen molar-refractivity contribution in [1.82, 2.24) is 0 Å². The molecule has 0 amide bonds. The zero-order valence-electron chi connectivity index (χ0n) is 8.35. The standard InChI is InChI=1S/C10H18F2O/c1-3-5-6-7-8(10(11)12)9(13)4-2/h8,10H,3-7H2,1-2H3. The fourth-order valence-corrected chi connectivity index (χ4v) is 1.30. The Morgan fingerprint density at radius 2 is 1.85 bits per heavy atom. The minimum atomic E-state index is -2.48. The monoisotopic (exact) mass is 192 g/mol. The summed E-state index contributed by atoms with van der Waals surface area (Å²) >= 11 is 0. The number of halogens is 2. The van der Waals surface area contributed by atoms with Gasteiger partial charge in [-0.2, -0.15) is 0 Å². The van der Waals surface area contributed by atoms with E-state index in [1.807, 2.05) is 6.92 Å². The van der Waals surface area contributed by atoms with Crippen LogP contribution in [0, 0.1) is 5.92 Å². The maximum absolute atomic E-state index is 12.3. The topological polar surface area (TPSA) is 17.1 Å². The fraction of sp³-hybridized carbons (Fsp3) is 0.900. The maximum Gasteiger partial charge on any atom is 0.248 e. The largest absolute Gasteiger partial charge is 0.299 e. The van der Waals surface area contributed by atoms with Crippen molar-refractivity contribution in [3.63, 3.8) is 0 Å². The summed E-state index contributed by atoms with van der Waals surface area (Å²) in [7, 11) is 0. The number of hydrogen-bond donors (Lipinski definition) is 0. The lowest BCUT2D eigenvalue weighted by Crippen LogP contribution is -2.21. The Balaban J connectivity index is 3.88. The molecule has 1 unspecified atom stereocenters. The van der Waals surface area contributed by atoms with Gasteiger partial charge < -0.3 is 0 Å². The molecule has 0 spiro atoms. The molecule has 0 aliphatic carbocycles. The second-order valence-electron chi connectivity index (χ2n) is 3.26. The number of unbranched alkanes of at least 4 members (excludes halogenated alkanes) is 2. The summed E-state index contributed by atoms with van der Waals surface area (Å²) in [5.41, 5.74) is 0. The number of carbonyl (C=O) groups is 1. The smallest absolute Gasteiger partial charge is 0.248 e. The summed E-state index contributed by atoms with van der Waals surface area (Å²) in [4.78, 5) is 11.1. The molecule has 0 heterocycles.